The zero-order chi connectivity index (χ0) is 16.7. The van der Waals surface area contributed by atoms with Crippen LogP contribution in [0.4, 0.5) is 0 Å². The number of hydrogen-bond acceptors (Lipinski definition) is 5. The van der Waals surface area contributed by atoms with Gasteiger partial charge in [0, 0.05) is 20.0 Å². The van der Waals surface area contributed by atoms with E-state index < -0.39 is 6.10 Å². The Balaban J connectivity index is 1.86. The summed E-state index contributed by atoms with van der Waals surface area (Å²) >= 11 is 0. The second-order valence-corrected chi connectivity index (χ2v) is 5.55. The molecule has 0 radical (unpaired) electrons. The molecule has 1 aliphatic heterocycles. The van der Waals surface area contributed by atoms with E-state index in [4.69, 9.17) is 14.3 Å². The summed E-state index contributed by atoms with van der Waals surface area (Å²) in [5, 5.41) is 6.98. The minimum Gasteiger partial charge on any atom is -0.497 e. The van der Waals surface area contributed by atoms with Crippen LogP contribution in [-0.2, 0) is 20.8 Å². The van der Waals surface area contributed by atoms with Gasteiger partial charge in [0.2, 0.25) is 6.10 Å². The molecule has 0 spiro atoms. The molecule has 126 valence electrons. The van der Waals surface area contributed by atoms with Gasteiger partial charge in [0.05, 0.1) is 25.5 Å². The molecule has 2 rings (SSSR count). The van der Waals surface area contributed by atoms with Crippen molar-refractivity contribution in [3.8, 4) is 5.75 Å². The van der Waals surface area contributed by atoms with Gasteiger partial charge < -0.3 is 19.6 Å². The van der Waals surface area contributed by atoms with Crippen molar-refractivity contribution in [3.05, 3.63) is 29.8 Å². The molecule has 2 atom stereocenters. The fourth-order valence-corrected chi connectivity index (χ4v) is 2.45. The summed E-state index contributed by atoms with van der Waals surface area (Å²) in [4.78, 5) is 17.5. The molecule has 0 fully saturated rings. The van der Waals surface area contributed by atoms with Gasteiger partial charge in [-0.1, -0.05) is 24.2 Å². The number of nitrogens with one attached hydrogen (secondary N) is 1. The predicted molar refractivity (Wildman–Crippen MR) is 87.7 cm³/mol. The number of carbonyl (C=O) groups is 1. The fraction of sp³-hybridized carbons (Fsp3) is 0.529. The zero-order valence-corrected chi connectivity index (χ0v) is 13.9. The van der Waals surface area contributed by atoms with E-state index in [9.17, 15) is 4.79 Å². The van der Waals surface area contributed by atoms with Crippen molar-refractivity contribution in [1.82, 2.24) is 5.32 Å². The Morgan fingerprint density at radius 2 is 2.30 bits per heavy atom. The Hall–Kier alpha value is -2.08. The largest absolute Gasteiger partial charge is 0.497 e. The Morgan fingerprint density at radius 3 is 3.00 bits per heavy atom. The first kappa shape index (κ1) is 17.3. The average Bonchev–Trinajstić information content (AvgIpc) is 3.03. The summed E-state index contributed by atoms with van der Waals surface area (Å²) in [7, 11) is 3.26. The first-order valence-corrected chi connectivity index (χ1v) is 7.80. The van der Waals surface area contributed by atoms with E-state index in [1.807, 2.05) is 31.2 Å². The van der Waals surface area contributed by atoms with E-state index in [2.05, 4.69) is 10.5 Å². The van der Waals surface area contributed by atoms with Gasteiger partial charge in [-0.2, -0.15) is 0 Å². The van der Waals surface area contributed by atoms with E-state index in [-0.39, 0.29) is 11.9 Å². The van der Waals surface area contributed by atoms with Gasteiger partial charge >= 0.3 is 0 Å². The van der Waals surface area contributed by atoms with Crippen LogP contribution < -0.4 is 10.1 Å². The summed E-state index contributed by atoms with van der Waals surface area (Å²) < 4.78 is 10.3. The van der Waals surface area contributed by atoms with Crippen LogP contribution in [0.1, 0.15) is 25.3 Å². The molecule has 1 aromatic carbocycles. The van der Waals surface area contributed by atoms with Crippen LogP contribution in [0.5, 0.6) is 5.75 Å². The van der Waals surface area contributed by atoms with Crippen molar-refractivity contribution in [2.45, 2.75) is 38.3 Å². The molecule has 1 amide bonds. The van der Waals surface area contributed by atoms with Crippen molar-refractivity contribution in [1.29, 1.82) is 0 Å². The zero-order valence-electron chi connectivity index (χ0n) is 13.9. The number of oxime groups is 1. The van der Waals surface area contributed by atoms with Crippen LogP contribution in [0.2, 0.25) is 0 Å². The Bertz CT molecular complexity index is 559. The summed E-state index contributed by atoms with van der Waals surface area (Å²) in [6.07, 6.45) is 1.41. The molecular formula is C17H24N2O4. The van der Waals surface area contributed by atoms with Gasteiger partial charge in [-0.25, -0.2) is 0 Å². The topological polar surface area (TPSA) is 69.2 Å². The molecule has 0 saturated carbocycles. The first-order valence-electron chi connectivity index (χ1n) is 7.80. The Morgan fingerprint density at radius 1 is 1.48 bits per heavy atom. The van der Waals surface area contributed by atoms with Crippen LogP contribution in [0.15, 0.2) is 29.4 Å². The maximum Gasteiger partial charge on any atom is 0.264 e. The highest BCUT2D eigenvalue weighted by atomic mass is 16.6. The first-order chi connectivity index (χ1) is 11.2. The number of hydrogen-bond donors (Lipinski definition) is 1. The molecule has 2 unspecified atom stereocenters. The maximum atomic E-state index is 12.2. The van der Waals surface area contributed by atoms with Gasteiger partial charge in [0.25, 0.3) is 5.91 Å². The van der Waals surface area contributed by atoms with Crippen LogP contribution >= 0.6 is 0 Å². The van der Waals surface area contributed by atoms with E-state index in [0.29, 0.717) is 19.4 Å². The SMILES string of the molecule is CCC(COC)NC(=O)C1CC(Cc2cccc(OC)c2)=NO1. The van der Waals surface area contributed by atoms with Crippen molar-refractivity contribution in [2.75, 3.05) is 20.8 Å². The second-order valence-electron chi connectivity index (χ2n) is 5.55. The third-order valence-electron chi connectivity index (χ3n) is 3.77. The average molecular weight is 320 g/mol. The van der Waals surface area contributed by atoms with Gasteiger partial charge in [0.15, 0.2) is 0 Å². The summed E-state index contributed by atoms with van der Waals surface area (Å²) in [6, 6.07) is 7.79. The lowest BCUT2D eigenvalue weighted by atomic mass is 10.0. The van der Waals surface area contributed by atoms with Crippen LogP contribution in [0.25, 0.3) is 0 Å². The molecule has 1 aromatic rings. The van der Waals surface area contributed by atoms with Crippen molar-refractivity contribution in [2.24, 2.45) is 5.16 Å². The van der Waals surface area contributed by atoms with Crippen LogP contribution in [-0.4, -0.2) is 44.6 Å². The van der Waals surface area contributed by atoms with E-state index in [0.717, 1.165) is 23.4 Å². The minimum atomic E-state index is -0.554. The monoisotopic (exact) mass is 320 g/mol. The molecule has 0 aliphatic carbocycles. The molecule has 0 saturated heterocycles. The predicted octanol–water partition coefficient (Wildman–Crippen LogP) is 1.92. The number of methoxy groups -OCH3 is 2. The molecule has 1 aliphatic rings. The maximum absolute atomic E-state index is 12.2. The fourth-order valence-electron chi connectivity index (χ4n) is 2.45. The number of ether oxygens (including phenoxy) is 2. The standard InChI is InChI=1S/C17H24N2O4/c1-4-13(11-21-2)18-17(20)16-10-14(19-23-16)8-12-6-5-7-15(9-12)22-3/h5-7,9,13,16H,4,8,10-11H2,1-3H3,(H,18,20). The molecule has 0 aromatic heterocycles. The Kier molecular flexibility index (Phi) is 6.40. The number of rotatable bonds is 8. The van der Waals surface area contributed by atoms with E-state index >= 15 is 0 Å². The molecule has 23 heavy (non-hydrogen) atoms. The molecule has 0 bridgehead atoms. The lowest BCUT2D eigenvalue weighted by Crippen LogP contribution is -2.43. The van der Waals surface area contributed by atoms with Crippen LogP contribution in [0.3, 0.4) is 0 Å². The molecule has 6 heteroatoms. The lowest BCUT2D eigenvalue weighted by Gasteiger charge is -2.17. The molecular weight excluding hydrogens is 296 g/mol. The summed E-state index contributed by atoms with van der Waals surface area (Å²) in [5.74, 6) is 0.667. The molecule has 1 heterocycles. The van der Waals surface area contributed by atoms with E-state index in [1.165, 1.54) is 0 Å². The second kappa shape index (κ2) is 8.53. The number of carbonyl (C=O) groups excluding carboxylic acids is 1. The minimum absolute atomic E-state index is 0.00136. The smallest absolute Gasteiger partial charge is 0.264 e. The van der Waals surface area contributed by atoms with Gasteiger partial charge in [0.1, 0.15) is 5.75 Å². The summed E-state index contributed by atoms with van der Waals surface area (Å²) in [5.41, 5.74) is 1.94. The van der Waals surface area contributed by atoms with Gasteiger partial charge in [-0.15, -0.1) is 0 Å². The molecule has 1 N–H and O–H groups in total. The van der Waals surface area contributed by atoms with Crippen molar-refractivity contribution >= 4 is 11.6 Å². The highest BCUT2D eigenvalue weighted by molar-refractivity contribution is 5.94. The third kappa shape index (κ3) is 4.96. The number of benzene rings is 1. The highest BCUT2D eigenvalue weighted by Crippen LogP contribution is 2.18. The number of nitrogens with zero attached hydrogens (tertiary/aromatic N) is 1. The highest BCUT2D eigenvalue weighted by Gasteiger charge is 2.29. The van der Waals surface area contributed by atoms with Crippen LogP contribution in [0, 0.1) is 0 Å². The van der Waals surface area contributed by atoms with Crippen molar-refractivity contribution < 1.29 is 19.1 Å². The normalized spacial score (nSPS) is 18.0. The van der Waals surface area contributed by atoms with Gasteiger partial charge in [-0.3, -0.25) is 4.79 Å². The molecule has 6 nitrogen and oxygen atoms in total. The van der Waals surface area contributed by atoms with E-state index in [1.54, 1.807) is 14.2 Å². The van der Waals surface area contributed by atoms with Crippen molar-refractivity contribution in [3.63, 3.8) is 0 Å². The summed E-state index contributed by atoms with van der Waals surface area (Å²) in [6.45, 7) is 2.50. The van der Waals surface area contributed by atoms with Gasteiger partial charge in [-0.05, 0) is 24.1 Å². The third-order valence-corrected chi connectivity index (χ3v) is 3.77. The number of amides is 1. The lowest BCUT2D eigenvalue weighted by molar-refractivity contribution is -0.132. The quantitative estimate of drug-likeness (QED) is 0.794. The Labute approximate surface area is 136 Å².